The van der Waals surface area contributed by atoms with Crippen molar-refractivity contribution < 1.29 is 22.6 Å². The van der Waals surface area contributed by atoms with Gasteiger partial charge in [0.25, 0.3) is 0 Å². The monoisotopic (exact) mass is 383 g/mol. The molecular weight excluding hydrogens is 366 g/mol. The Morgan fingerprint density at radius 1 is 1.12 bits per heavy atom. The number of sulfonamides is 1. The van der Waals surface area contributed by atoms with Crippen LogP contribution in [-0.2, 0) is 16.6 Å². The van der Waals surface area contributed by atoms with Crippen molar-refractivity contribution in [2.45, 2.75) is 13.0 Å². The molecule has 2 aromatic carbocycles. The second-order valence-corrected chi connectivity index (χ2v) is 7.78. The molecule has 6 nitrogen and oxygen atoms in total. The molecule has 0 amide bonds. The summed E-state index contributed by atoms with van der Waals surface area (Å²) in [5.41, 5.74) is 0.740. The minimum Gasteiger partial charge on any atom is -0.493 e. The highest BCUT2D eigenvalue weighted by Crippen LogP contribution is 2.35. The third-order valence-corrected chi connectivity index (χ3v) is 5.39. The number of hydrogen-bond acceptors (Lipinski definition) is 5. The Morgan fingerprint density at radius 3 is 2.76 bits per heavy atom. The molecule has 3 rings (SSSR count). The zero-order valence-corrected chi connectivity index (χ0v) is 15.0. The van der Waals surface area contributed by atoms with Crippen molar-refractivity contribution in [2.24, 2.45) is 0 Å². The van der Waals surface area contributed by atoms with Crippen LogP contribution in [0.4, 0.5) is 0 Å². The minimum atomic E-state index is -3.39. The van der Waals surface area contributed by atoms with Crippen molar-refractivity contribution in [3.63, 3.8) is 0 Å². The number of rotatable bonds is 8. The van der Waals surface area contributed by atoms with Gasteiger partial charge in [0, 0.05) is 17.6 Å². The Hall–Kier alpha value is -1.96. The fourth-order valence-corrected chi connectivity index (χ4v) is 3.53. The molecule has 134 valence electrons. The van der Waals surface area contributed by atoms with Gasteiger partial charge in [-0.15, -0.1) is 0 Å². The minimum absolute atomic E-state index is 0.0258. The van der Waals surface area contributed by atoms with Crippen LogP contribution in [0.15, 0.2) is 42.5 Å². The number of hydrogen-bond donors (Lipinski definition) is 1. The lowest BCUT2D eigenvalue weighted by atomic mass is 10.2. The lowest BCUT2D eigenvalue weighted by Gasteiger charge is -2.09. The molecule has 0 aromatic heterocycles. The van der Waals surface area contributed by atoms with E-state index in [1.165, 1.54) is 0 Å². The van der Waals surface area contributed by atoms with Gasteiger partial charge in [-0.3, -0.25) is 0 Å². The van der Waals surface area contributed by atoms with Gasteiger partial charge in [0.2, 0.25) is 16.8 Å². The van der Waals surface area contributed by atoms with Gasteiger partial charge < -0.3 is 14.2 Å². The van der Waals surface area contributed by atoms with E-state index in [1.807, 2.05) is 6.07 Å². The fourth-order valence-electron chi connectivity index (χ4n) is 2.31. The van der Waals surface area contributed by atoms with Crippen LogP contribution in [0.3, 0.4) is 0 Å². The first kappa shape index (κ1) is 17.8. The van der Waals surface area contributed by atoms with Crippen LogP contribution in [0.5, 0.6) is 17.2 Å². The molecule has 1 N–H and O–H groups in total. The molecule has 0 spiro atoms. The van der Waals surface area contributed by atoms with Crippen molar-refractivity contribution in [2.75, 3.05) is 19.2 Å². The van der Waals surface area contributed by atoms with Gasteiger partial charge in [-0.2, -0.15) is 0 Å². The predicted molar refractivity (Wildman–Crippen MR) is 94.8 cm³/mol. The lowest BCUT2D eigenvalue weighted by molar-refractivity contribution is 0.173. The van der Waals surface area contributed by atoms with E-state index < -0.39 is 10.0 Å². The molecule has 25 heavy (non-hydrogen) atoms. The summed E-state index contributed by atoms with van der Waals surface area (Å²) in [6.07, 6.45) is 0.367. The average molecular weight is 384 g/mol. The summed E-state index contributed by atoms with van der Waals surface area (Å²) < 4.78 is 42.7. The van der Waals surface area contributed by atoms with E-state index in [1.54, 1.807) is 36.4 Å². The molecule has 1 aliphatic heterocycles. The summed E-state index contributed by atoms with van der Waals surface area (Å²) in [6.45, 7) is 0.659. The van der Waals surface area contributed by atoms with E-state index in [0.29, 0.717) is 28.7 Å². The van der Waals surface area contributed by atoms with Crippen molar-refractivity contribution >= 4 is 21.6 Å². The molecule has 1 heterocycles. The van der Waals surface area contributed by atoms with E-state index in [-0.39, 0.29) is 25.7 Å². The quantitative estimate of drug-likeness (QED) is 0.709. The van der Waals surface area contributed by atoms with Crippen LogP contribution in [0, 0.1) is 0 Å². The van der Waals surface area contributed by atoms with Crippen molar-refractivity contribution in [1.29, 1.82) is 0 Å². The van der Waals surface area contributed by atoms with E-state index >= 15 is 0 Å². The van der Waals surface area contributed by atoms with Crippen LogP contribution in [-0.4, -0.2) is 27.6 Å². The SMILES string of the molecule is O=S(=O)(CCCOc1ccc2c(c1)OCO2)NCc1ccccc1Cl. The summed E-state index contributed by atoms with van der Waals surface area (Å²) in [5.74, 6) is 1.90. The molecule has 1 aliphatic rings. The average Bonchev–Trinajstić information content (AvgIpc) is 3.06. The number of benzene rings is 2. The second-order valence-electron chi connectivity index (χ2n) is 5.45. The Bertz CT molecular complexity index is 841. The van der Waals surface area contributed by atoms with E-state index in [2.05, 4.69) is 4.72 Å². The molecule has 0 aliphatic carbocycles. The van der Waals surface area contributed by atoms with E-state index in [4.69, 9.17) is 25.8 Å². The number of halogens is 1. The molecule has 2 aromatic rings. The lowest BCUT2D eigenvalue weighted by Crippen LogP contribution is -2.26. The zero-order valence-electron chi connectivity index (χ0n) is 13.4. The molecule has 0 saturated heterocycles. The highest BCUT2D eigenvalue weighted by molar-refractivity contribution is 7.89. The summed E-state index contributed by atoms with van der Waals surface area (Å²) in [6, 6.07) is 12.4. The number of fused-ring (bicyclic) bond motifs is 1. The number of nitrogens with one attached hydrogen (secondary N) is 1. The molecule has 8 heteroatoms. The molecule has 0 radical (unpaired) electrons. The Labute approximate surface area is 151 Å². The van der Waals surface area contributed by atoms with Crippen LogP contribution < -0.4 is 18.9 Å². The smallest absolute Gasteiger partial charge is 0.231 e. The largest absolute Gasteiger partial charge is 0.493 e. The molecule has 0 bridgehead atoms. The highest BCUT2D eigenvalue weighted by atomic mass is 35.5. The maximum Gasteiger partial charge on any atom is 0.231 e. The molecule has 0 fully saturated rings. The maximum absolute atomic E-state index is 12.0. The maximum atomic E-state index is 12.0. The first-order chi connectivity index (χ1) is 12.0. The van der Waals surface area contributed by atoms with Crippen molar-refractivity contribution in [1.82, 2.24) is 4.72 Å². The standard InChI is InChI=1S/C17H18ClNO5S/c18-15-5-2-1-4-13(15)11-19-25(20,21)9-3-8-22-14-6-7-16-17(10-14)24-12-23-16/h1-2,4-7,10,19H,3,8-9,11-12H2. The van der Waals surface area contributed by atoms with Crippen molar-refractivity contribution in [3.05, 3.63) is 53.1 Å². The third kappa shape index (κ3) is 5.01. The van der Waals surface area contributed by atoms with Gasteiger partial charge in [0.05, 0.1) is 12.4 Å². The zero-order chi connectivity index (χ0) is 17.7. The van der Waals surface area contributed by atoms with Crippen LogP contribution in [0.1, 0.15) is 12.0 Å². The van der Waals surface area contributed by atoms with E-state index in [0.717, 1.165) is 5.56 Å². The normalized spacial score (nSPS) is 13.0. The first-order valence-electron chi connectivity index (χ1n) is 7.77. The van der Waals surface area contributed by atoms with Gasteiger partial charge in [0.1, 0.15) is 5.75 Å². The second kappa shape index (κ2) is 7.95. The van der Waals surface area contributed by atoms with Gasteiger partial charge in [-0.25, -0.2) is 13.1 Å². The summed E-state index contributed by atoms with van der Waals surface area (Å²) in [5, 5.41) is 0.538. The summed E-state index contributed by atoms with van der Waals surface area (Å²) in [7, 11) is -3.39. The molecular formula is C17H18ClNO5S. The van der Waals surface area contributed by atoms with Gasteiger partial charge >= 0.3 is 0 Å². The Morgan fingerprint density at radius 2 is 1.92 bits per heavy atom. The van der Waals surface area contributed by atoms with E-state index in [9.17, 15) is 8.42 Å². The first-order valence-corrected chi connectivity index (χ1v) is 9.80. The fraction of sp³-hybridized carbons (Fsp3) is 0.294. The predicted octanol–water partition coefficient (Wildman–Crippen LogP) is 2.96. The molecule has 0 unspecified atom stereocenters. The Balaban J connectivity index is 1.42. The van der Waals surface area contributed by atoms with Crippen LogP contribution >= 0.6 is 11.6 Å². The van der Waals surface area contributed by atoms with Crippen LogP contribution in [0.25, 0.3) is 0 Å². The third-order valence-electron chi connectivity index (χ3n) is 3.61. The molecule has 0 saturated carbocycles. The summed E-state index contributed by atoms with van der Waals surface area (Å²) in [4.78, 5) is 0. The van der Waals surface area contributed by atoms with Crippen molar-refractivity contribution in [3.8, 4) is 17.2 Å². The van der Waals surface area contributed by atoms with Gasteiger partial charge in [-0.05, 0) is 30.2 Å². The highest BCUT2D eigenvalue weighted by Gasteiger charge is 2.14. The Kier molecular flexibility index (Phi) is 5.67. The number of ether oxygens (including phenoxy) is 3. The van der Waals surface area contributed by atoms with Gasteiger partial charge in [-0.1, -0.05) is 29.8 Å². The molecule has 0 atom stereocenters. The summed E-state index contributed by atoms with van der Waals surface area (Å²) >= 11 is 6.01. The van der Waals surface area contributed by atoms with Crippen LogP contribution in [0.2, 0.25) is 5.02 Å². The topological polar surface area (TPSA) is 73.9 Å². The van der Waals surface area contributed by atoms with Gasteiger partial charge in [0.15, 0.2) is 11.5 Å².